The van der Waals surface area contributed by atoms with Crippen LogP contribution in [0.25, 0.3) is 42.3 Å². The molecule has 8 rings (SSSR count). The van der Waals surface area contributed by atoms with Crippen LogP contribution in [0.15, 0.2) is 39.5 Å². The summed E-state index contributed by atoms with van der Waals surface area (Å²) in [6.07, 6.45) is 7.68. The lowest BCUT2D eigenvalue weighted by Gasteiger charge is -2.24. The molecule has 0 bridgehead atoms. The summed E-state index contributed by atoms with van der Waals surface area (Å²) >= 11 is 10.3. The first-order valence-corrected chi connectivity index (χ1v) is 13.8. The first-order chi connectivity index (χ1) is 15.5. The number of thiophene rings is 4. The van der Waals surface area contributed by atoms with Crippen LogP contribution in [0.5, 0.6) is 0 Å². The smallest absolute Gasteiger partial charge is 0.265 e. The van der Waals surface area contributed by atoms with Gasteiger partial charge in [-0.3, -0.25) is 19.4 Å². The molecule has 0 spiro atoms. The molecule has 8 heterocycles. The van der Waals surface area contributed by atoms with Crippen molar-refractivity contribution in [3.8, 4) is 0 Å². The van der Waals surface area contributed by atoms with Crippen LogP contribution in [0.1, 0.15) is 25.8 Å². The van der Waals surface area contributed by atoms with Crippen LogP contribution >= 0.6 is 61.3 Å². The molecule has 0 saturated heterocycles. The Kier molecular flexibility index (Phi) is 3.28. The van der Waals surface area contributed by atoms with Crippen LogP contribution in [0.4, 0.5) is 0 Å². The number of carbonyl (C=O) groups is 2. The summed E-state index contributed by atoms with van der Waals surface area (Å²) in [6, 6.07) is 4.31. The minimum atomic E-state index is -0.116. The van der Waals surface area contributed by atoms with Crippen LogP contribution in [0.2, 0.25) is 0 Å². The summed E-state index contributed by atoms with van der Waals surface area (Å²) < 4.78 is 4.67. The SMILES string of the molecule is Cc1cc2c3c(sc2s1)C1=C2C(=O)N4C=Cc5c(sc6cc(Br)sc56)C4=C2C(=O)N1C=C3. The molecule has 4 aliphatic heterocycles. The number of rotatable bonds is 0. The van der Waals surface area contributed by atoms with Crippen LogP contribution in [0, 0.1) is 6.92 Å². The summed E-state index contributed by atoms with van der Waals surface area (Å²) in [5, 5.41) is 1.21. The summed E-state index contributed by atoms with van der Waals surface area (Å²) in [5.41, 5.74) is 4.77. The van der Waals surface area contributed by atoms with E-state index in [1.807, 2.05) is 24.6 Å². The van der Waals surface area contributed by atoms with E-state index in [2.05, 4.69) is 35.0 Å². The molecule has 9 heteroatoms. The fourth-order valence-corrected chi connectivity index (χ4v) is 10.8. The monoisotopic (exact) mass is 552 g/mol. The maximum Gasteiger partial charge on any atom is 0.265 e. The van der Waals surface area contributed by atoms with E-state index in [4.69, 9.17) is 0 Å². The van der Waals surface area contributed by atoms with Crippen molar-refractivity contribution in [1.29, 1.82) is 0 Å². The number of aryl methyl sites for hydroxylation is 1. The Hall–Kier alpha value is -2.30. The Labute approximate surface area is 205 Å². The van der Waals surface area contributed by atoms with Gasteiger partial charge in [-0.25, -0.2) is 0 Å². The maximum atomic E-state index is 13.6. The minimum absolute atomic E-state index is 0.116. The number of amides is 2. The molecule has 0 unspecified atom stereocenters. The molecule has 4 aromatic heterocycles. The van der Waals surface area contributed by atoms with E-state index in [9.17, 15) is 9.59 Å². The zero-order chi connectivity index (χ0) is 21.5. The number of fused-ring (bicyclic) bond motifs is 11. The molecule has 4 aliphatic rings. The van der Waals surface area contributed by atoms with Crippen LogP contribution < -0.4 is 0 Å². The zero-order valence-electron chi connectivity index (χ0n) is 16.2. The van der Waals surface area contributed by atoms with E-state index in [1.165, 1.54) is 23.7 Å². The summed E-state index contributed by atoms with van der Waals surface area (Å²) in [7, 11) is 0. The Morgan fingerprint density at radius 3 is 2.19 bits per heavy atom. The molecule has 2 amide bonds. The largest absolute Gasteiger partial charge is 0.281 e. The molecule has 154 valence electrons. The number of nitrogens with zero attached hydrogens (tertiary/aromatic N) is 2. The third-order valence-electron chi connectivity index (χ3n) is 6.20. The van der Waals surface area contributed by atoms with Gasteiger partial charge in [0.1, 0.15) is 0 Å². The van der Waals surface area contributed by atoms with Crippen LogP contribution in [-0.4, -0.2) is 21.6 Å². The van der Waals surface area contributed by atoms with Crippen molar-refractivity contribution in [3.05, 3.63) is 65.2 Å². The molecule has 0 aliphatic carbocycles. The van der Waals surface area contributed by atoms with Crippen molar-refractivity contribution in [2.75, 3.05) is 0 Å². The standard InChI is InChI=1S/C23H9BrN2O2S4/c1-8-6-11-9-2-4-25-16(19(9)32-23(11)29-8)14-15(22(25)28)17-20-10(3-5-26(17)21(14)27)18-12(30-20)7-13(24)31-18/h2-7H,1H3. The quantitative estimate of drug-likeness (QED) is 0.233. The Bertz CT molecular complexity index is 1620. The fourth-order valence-electron chi connectivity index (χ4n) is 4.94. The second-order valence-electron chi connectivity index (χ2n) is 7.92. The van der Waals surface area contributed by atoms with Crippen molar-refractivity contribution >= 4 is 115 Å². The molecule has 0 aromatic carbocycles. The molecule has 32 heavy (non-hydrogen) atoms. The molecule has 0 radical (unpaired) electrons. The van der Waals surface area contributed by atoms with E-state index in [1.54, 1.807) is 55.1 Å². The van der Waals surface area contributed by atoms with Gasteiger partial charge in [-0.15, -0.1) is 45.3 Å². The third-order valence-corrected chi connectivity index (χ3v) is 11.5. The lowest BCUT2D eigenvalue weighted by molar-refractivity contribution is -0.122. The number of halogens is 1. The Morgan fingerprint density at radius 1 is 0.812 bits per heavy atom. The summed E-state index contributed by atoms with van der Waals surface area (Å²) in [5.74, 6) is -0.232. The highest BCUT2D eigenvalue weighted by molar-refractivity contribution is 9.11. The Morgan fingerprint density at radius 2 is 1.47 bits per heavy atom. The maximum absolute atomic E-state index is 13.6. The molecule has 4 aromatic rings. The van der Waals surface area contributed by atoms with Crippen molar-refractivity contribution < 1.29 is 9.59 Å². The first-order valence-electron chi connectivity index (χ1n) is 9.79. The summed E-state index contributed by atoms with van der Waals surface area (Å²) in [6.45, 7) is 2.11. The van der Waals surface area contributed by atoms with Crippen molar-refractivity contribution in [3.63, 3.8) is 0 Å². The molecule has 4 nitrogen and oxygen atoms in total. The lowest BCUT2D eigenvalue weighted by Crippen LogP contribution is -2.25. The summed E-state index contributed by atoms with van der Waals surface area (Å²) in [4.78, 5) is 33.9. The highest BCUT2D eigenvalue weighted by Gasteiger charge is 2.51. The topological polar surface area (TPSA) is 40.6 Å². The van der Waals surface area contributed by atoms with Crippen molar-refractivity contribution in [2.45, 2.75) is 6.92 Å². The van der Waals surface area contributed by atoms with Crippen LogP contribution in [0.3, 0.4) is 0 Å². The highest BCUT2D eigenvalue weighted by atomic mass is 79.9. The van der Waals surface area contributed by atoms with Gasteiger partial charge >= 0.3 is 0 Å². The third kappa shape index (κ3) is 1.99. The molecule has 0 fully saturated rings. The number of hydrogen-bond acceptors (Lipinski definition) is 6. The van der Waals surface area contributed by atoms with E-state index in [0.717, 1.165) is 36.1 Å². The molecular formula is C23H9BrN2O2S4. The molecule has 0 N–H and O–H groups in total. The molecular weight excluding hydrogens is 544 g/mol. The van der Waals surface area contributed by atoms with E-state index >= 15 is 0 Å². The van der Waals surface area contributed by atoms with Gasteiger partial charge in [0.15, 0.2) is 0 Å². The normalized spacial score (nSPS) is 18.4. The number of hydrogen-bond donors (Lipinski definition) is 0. The van der Waals surface area contributed by atoms with Gasteiger partial charge in [-0.05, 0) is 47.1 Å². The van der Waals surface area contributed by atoms with E-state index in [-0.39, 0.29) is 11.8 Å². The van der Waals surface area contributed by atoms with Gasteiger partial charge in [0.05, 0.1) is 44.8 Å². The zero-order valence-corrected chi connectivity index (χ0v) is 21.0. The van der Waals surface area contributed by atoms with Crippen molar-refractivity contribution in [2.24, 2.45) is 0 Å². The van der Waals surface area contributed by atoms with Gasteiger partial charge < -0.3 is 0 Å². The average molecular weight is 554 g/mol. The average Bonchev–Trinajstić information content (AvgIpc) is 3.55. The van der Waals surface area contributed by atoms with E-state index < -0.39 is 0 Å². The number of carbonyl (C=O) groups excluding carboxylic acids is 2. The molecule has 0 atom stereocenters. The van der Waals surface area contributed by atoms with Gasteiger partial charge in [-0.1, -0.05) is 0 Å². The minimum Gasteiger partial charge on any atom is -0.281 e. The predicted molar refractivity (Wildman–Crippen MR) is 137 cm³/mol. The Balaban J connectivity index is 1.44. The van der Waals surface area contributed by atoms with Crippen molar-refractivity contribution in [1.82, 2.24) is 9.80 Å². The van der Waals surface area contributed by atoms with Gasteiger partial charge in [-0.2, -0.15) is 0 Å². The second-order valence-corrected chi connectivity index (χ2v) is 13.9. The van der Waals surface area contributed by atoms with Gasteiger partial charge in [0, 0.05) is 38.5 Å². The van der Waals surface area contributed by atoms with Gasteiger partial charge in [0.25, 0.3) is 11.8 Å². The lowest BCUT2D eigenvalue weighted by atomic mass is 10.0. The highest BCUT2D eigenvalue weighted by Crippen LogP contribution is 2.55. The molecule has 0 saturated carbocycles. The van der Waals surface area contributed by atoms with Crippen LogP contribution in [-0.2, 0) is 9.59 Å². The fraction of sp³-hybridized carbons (Fsp3) is 0.0435. The predicted octanol–water partition coefficient (Wildman–Crippen LogP) is 7.09. The van der Waals surface area contributed by atoms with E-state index in [0.29, 0.717) is 11.1 Å². The first kappa shape index (κ1) is 18.2. The van der Waals surface area contributed by atoms with Gasteiger partial charge in [0.2, 0.25) is 0 Å². The second kappa shape index (κ2) is 5.78.